The van der Waals surface area contributed by atoms with E-state index < -0.39 is 0 Å². The highest BCUT2D eigenvalue weighted by atomic mass is 16.5. The van der Waals surface area contributed by atoms with Crippen molar-refractivity contribution in [2.24, 2.45) is 0 Å². The number of fused-ring (bicyclic) bond motifs is 2. The minimum Gasteiger partial charge on any atom is -0.457 e. The lowest BCUT2D eigenvalue weighted by atomic mass is 9.94. The lowest BCUT2D eigenvalue weighted by molar-refractivity contribution is 0.0533. The third-order valence-corrected chi connectivity index (χ3v) is 8.94. The molecular weight excluding hydrogens is 532 g/mol. The molecule has 2 aliphatic carbocycles. The minimum absolute atomic E-state index is 0.0349. The Morgan fingerprint density at radius 2 is 0.833 bits per heavy atom. The third-order valence-electron chi connectivity index (χ3n) is 8.94. The first-order valence-electron chi connectivity index (χ1n) is 15.0. The molecule has 0 spiro atoms. The van der Waals surface area contributed by atoms with E-state index >= 15 is 0 Å². The zero-order valence-corrected chi connectivity index (χ0v) is 23.3. The number of benzene rings is 3. The van der Waals surface area contributed by atoms with E-state index in [0.29, 0.717) is 45.3 Å². The Morgan fingerprint density at radius 3 is 1.26 bits per heavy atom. The number of amides is 4. The largest absolute Gasteiger partial charge is 0.457 e. The second-order valence-electron chi connectivity index (χ2n) is 11.6. The SMILES string of the molecule is O=C1c2ccc(Oc3cccc(Oc4ccc5c(c4)C(=O)N(C4CCCCC4)C5=O)c3)cc2C(=O)N1C1CCCCC1. The maximum atomic E-state index is 13.2. The lowest BCUT2D eigenvalue weighted by Crippen LogP contribution is -2.40. The molecule has 0 radical (unpaired) electrons. The summed E-state index contributed by atoms with van der Waals surface area (Å²) in [4.78, 5) is 55.3. The number of imide groups is 2. The van der Waals surface area contributed by atoms with Gasteiger partial charge in [0.25, 0.3) is 23.6 Å². The fourth-order valence-electron chi connectivity index (χ4n) is 6.82. The van der Waals surface area contributed by atoms with Crippen molar-refractivity contribution in [3.8, 4) is 23.0 Å². The summed E-state index contributed by atoms with van der Waals surface area (Å²) in [6.45, 7) is 0. The number of rotatable bonds is 6. The Hall–Kier alpha value is -4.46. The van der Waals surface area contributed by atoms with Crippen LogP contribution in [0.5, 0.6) is 23.0 Å². The summed E-state index contributed by atoms with van der Waals surface area (Å²) in [7, 11) is 0. The molecular formula is C34H32N2O6. The molecule has 8 nitrogen and oxygen atoms in total. The van der Waals surface area contributed by atoms with Gasteiger partial charge in [0.15, 0.2) is 0 Å². The average Bonchev–Trinajstić information content (AvgIpc) is 3.41. The van der Waals surface area contributed by atoms with Crippen LogP contribution < -0.4 is 9.47 Å². The van der Waals surface area contributed by atoms with Crippen LogP contribution in [0.2, 0.25) is 0 Å². The van der Waals surface area contributed by atoms with Crippen molar-refractivity contribution in [1.82, 2.24) is 9.80 Å². The Morgan fingerprint density at radius 1 is 0.452 bits per heavy atom. The van der Waals surface area contributed by atoms with E-state index in [-0.39, 0.29) is 35.7 Å². The second-order valence-corrected chi connectivity index (χ2v) is 11.6. The first-order valence-corrected chi connectivity index (χ1v) is 15.0. The Balaban J connectivity index is 1.06. The zero-order chi connectivity index (χ0) is 28.8. The molecule has 7 rings (SSSR count). The molecule has 2 fully saturated rings. The van der Waals surface area contributed by atoms with Crippen LogP contribution in [0, 0.1) is 0 Å². The van der Waals surface area contributed by atoms with Crippen LogP contribution in [0.1, 0.15) is 106 Å². The minimum atomic E-state index is -0.254. The van der Waals surface area contributed by atoms with Crippen LogP contribution in [0.4, 0.5) is 0 Å². The van der Waals surface area contributed by atoms with Crippen molar-refractivity contribution in [1.29, 1.82) is 0 Å². The highest BCUT2D eigenvalue weighted by molar-refractivity contribution is 6.22. The summed E-state index contributed by atoms with van der Waals surface area (Å²) < 4.78 is 12.1. The molecule has 0 aromatic heterocycles. The lowest BCUT2D eigenvalue weighted by Gasteiger charge is -2.29. The highest BCUT2D eigenvalue weighted by Crippen LogP contribution is 2.36. The van der Waals surface area contributed by atoms with Crippen LogP contribution in [-0.2, 0) is 0 Å². The Kier molecular flexibility index (Phi) is 6.76. The zero-order valence-electron chi connectivity index (χ0n) is 23.3. The van der Waals surface area contributed by atoms with E-state index in [0.717, 1.165) is 64.2 Å². The van der Waals surface area contributed by atoms with E-state index in [2.05, 4.69) is 0 Å². The van der Waals surface area contributed by atoms with Crippen LogP contribution in [-0.4, -0.2) is 45.5 Å². The van der Waals surface area contributed by atoms with Gasteiger partial charge < -0.3 is 9.47 Å². The molecule has 4 aliphatic rings. The van der Waals surface area contributed by atoms with Crippen LogP contribution in [0.15, 0.2) is 60.7 Å². The summed E-state index contributed by atoms with van der Waals surface area (Å²) in [6.07, 6.45) is 9.84. The van der Waals surface area contributed by atoms with Gasteiger partial charge in [-0.05, 0) is 74.2 Å². The summed E-state index contributed by atoms with van der Waals surface area (Å²) in [5.74, 6) is 0.921. The van der Waals surface area contributed by atoms with Gasteiger partial charge in [0.1, 0.15) is 23.0 Å². The van der Waals surface area contributed by atoms with Crippen LogP contribution >= 0.6 is 0 Å². The van der Waals surface area contributed by atoms with Crippen molar-refractivity contribution in [3.05, 3.63) is 82.9 Å². The summed E-state index contributed by atoms with van der Waals surface area (Å²) >= 11 is 0. The molecule has 0 atom stereocenters. The molecule has 214 valence electrons. The molecule has 2 heterocycles. The maximum absolute atomic E-state index is 13.2. The van der Waals surface area contributed by atoms with Gasteiger partial charge in [0.05, 0.1) is 22.3 Å². The van der Waals surface area contributed by atoms with Crippen LogP contribution in [0.3, 0.4) is 0 Å². The molecule has 8 heteroatoms. The molecule has 0 unspecified atom stereocenters. The summed E-state index contributed by atoms with van der Waals surface area (Å²) in [5.41, 5.74) is 1.58. The van der Waals surface area contributed by atoms with E-state index in [1.165, 1.54) is 9.80 Å². The van der Waals surface area contributed by atoms with Crippen molar-refractivity contribution in [2.75, 3.05) is 0 Å². The van der Waals surface area contributed by atoms with Crippen molar-refractivity contribution >= 4 is 23.6 Å². The molecule has 0 saturated heterocycles. The normalized spacial score (nSPS) is 19.3. The predicted molar refractivity (Wildman–Crippen MR) is 154 cm³/mol. The van der Waals surface area contributed by atoms with E-state index in [1.807, 2.05) is 0 Å². The van der Waals surface area contributed by atoms with Crippen molar-refractivity contribution in [2.45, 2.75) is 76.3 Å². The van der Waals surface area contributed by atoms with E-state index in [9.17, 15) is 19.2 Å². The number of hydrogen-bond donors (Lipinski definition) is 0. The van der Waals surface area contributed by atoms with Gasteiger partial charge in [-0.3, -0.25) is 29.0 Å². The van der Waals surface area contributed by atoms with E-state index in [4.69, 9.17) is 9.47 Å². The van der Waals surface area contributed by atoms with Gasteiger partial charge in [-0.25, -0.2) is 0 Å². The molecule has 3 aromatic rings. The topological polar surface area (TPSA) is 93.2 Å². The van der Waals surface area contributed by atoms with Crippen molar-refractivity contribution < 1.29 is 28.7 Å². The Labute approximate surface area is 244 Å². The first kappa shape index (κ1) is 26.4. The summed E-state index contributed by atoms with van der Waals surface area (Å²) in [6, 6.07) is 16.9. The second kappa shape index (κ2) is 10.7. The first-order chi connectivity index (χ1) is 20.5. The molecule has 42 heavy (non-hydrogen) atoms. The standard InChI is InChI=1S/C34H32N2O6/c37-31-27-16-14-25(19-29(27)33(39)35(31)21-8-3-1-4-9-21)41-23-12-7-13-24(18-23)42-26-15-17-28-30(20-26)34(40)36(32(28)38)22-10-5-2-6-11-22/h7,12-22H,1-6,8-11H2. The number of carbonyl (C=O) groups is 4. The quantitative estimate of drug-likeness (QED) is 0.296. The fourth-order valence-corrected chi connectivity index (χ4v) is 6.82. The van der Waals surface area contributed by atoms with E-state index in [1.54, 1.807) is 60.7 Å². The highest BCUT2D eigenvalue weighted by Gasteiger charge is 2.41. The molecule has 3 aromatic carbocycles. The van der Waals surface area contributed by atoms with Gasteiger partial charge in [0.2, 0.25) is 0 Å². The number of ether oxygens (including phenoxy) is 2. The average molecular weight is 565 g/mol. The fraction of sp³-hybridized carbons (Fsp3) is 0.353. The number of nitrogens with zero attached hydrogens (tertiary/aromatic N) is 2. The smallest absolute Gasteiger partial charge is 0.261 e. The number of carbonyl (C=O) groups excluding carboxylic acids is 4. The van der Waals surface area contributed by atoms with Gasteiger partial charge in [-0.15, -0.1) is 0 Å². The van der Waals surface area contributed by atoms with Gasteiger partial charge in [-0.2, -0.15) is 0 Å². The van der Waals surface area contributed by atoms with Gasteiger partial charge in [-0.1, -0.05) is 44.6 Å². The van der Waals surface area contributed by atoms with Crippen molar-refractivity contribution in [3.63, 3.8) is 0 Å². The predicted octanol–water partition coefficient (Wildman–Crippen LogP) is 7.13. The molecule has 4 amide bonds. The molecule has 2 saturated carbocycles. The molecule has 0 N–H and O–H groups in total. The maximum Gasteiger partial charge on any atom is 0.261 e. The monoisotopic (exact) mass is 564 g/mol. The molecule has 0 bridgehead atoms. The van der Waals surface area contributed by atoms with Crippen LogP contribution in [0.25, 0.3) is 0 Å². The molecule has 2 aliphatic heterocycles. The van der Waals surface area contributed by atoms with Gasteiger partial charge in [0, 0.05) is 18.2 Å². The Bertz CT molecular complexity index is 1490. The number of hydrogen-bond acceptors (Lipinski definition) is 6. The van der Waals surface area contributed by atoms with Gasteiger partial charge >= 0.3 is 0 Å². The summed E-state index contributed by atoms with van der Waals surface area (Å²) in [5, 5.41) is 0. The third kappa shape index (κ3) is 4.65.